The van der Waals surface area contributed by atoms with Crippen molar-refractivity contribution < 1.29 is 9.90 Å². The molecule has 0 aliphatic carbocycles. The van der Waals surface area contributed by atoms with Gasteiger partial charge in [-0.3, -0.25) is 4.79 Å². The Morgan fingerprint density at radius 3 is 2.83 bits per heavy atom. The molecule has 2 aromatic carbocycles. The van der Waals surface area contributed by atoms with E-state index in [4.69, 9.17) is 0 Å². The zero-order valence-corrected chi connectivity index (χ0v) is 13.6. The molecule has 122 valence electrons. The number of H-pyrrole nitrogens is 1. The predicted molar refractivity (Wildman–Crippen MR) is 95.4 cm³/mol. The first-order chi connectivity index (χ1) is 11.7. The summed E-state index contributed by atoms with van der Waals surface area (Å²) in [4.78, 5) is 16.6. The fourth-order valence-corrected chi connectivity index (χ4v) is 3.75. The second-order valence-corrected chi connectivity index (χ2v) is 6.48. The van der Waals surface area contributed by atoms with Crippen LogP contribution in [0, 0.1) is 6.92 Å². The highest BCUT2D eigenvalue weighted by atomic mass is 16.3. The third-order valence-electron chi connectivity index (χ3n) is 4.91. The lowest BCUT2D eigenvalue weighted by atomic mass is 9.81. The zero-order valence-electron chi connectivity index (χ0n) is 13.6. The lowest BCUT2D eigenvalue weighted by Gasteiger charge is -2.28. The maximum absolute atomic E-state index is 13.3. The van der Waals surface area contributed by atoms with E-state index in [1.807, 2.05) is 55.6 Å². The quantitative estimate of drug-likeness (QED) is 0.686. The SMILES string of the molecule is Cc1ccc2c(c1)NC(CCCO)(c1c[nH]c3ccccc13)C2=O. The Balaban J connectivity index is 1.90. The van der Waals surface area contributed by atoms with Gasteiger partial charge in [0.15, 0.2) is 5.78 Å². The summed E-state index contributed by atoms with van der Waals surface area (Å²) in [6.07, 6.45) is 3.04. The summed E-state index contributed by atoms with van der Waals surface area (Å²) in [7, 11) is 0. The Bertz CT molecular complexity index is 928. The number of aromatic amines is 1. The van der Waals surface area contributed by atoms with E-state index in [0.717, 1.165) is 33.3 Å². The summed E-state index contributed by atoms with van der Waals surface area (Å²) >= 11 is 0. The average molecular weight is 320 g/mol. The minimum absolute atomic E-state index is 0.0639. The van der Waals surface area contributed by atoms with Crippen molar-refractivity contribution in [2.45, 2.75) is 25.3 Å². The second kappa shape index (κ2) is 5.49. The summed E-state index contributed by atoms with van der Waals surface area (Å²) in [5, 5.41) is 13.9. The van der Waals surface area contributed by atoms with Crippen LogP contribution in [0.2, 0.25) is 0 Å². The molecule has 4 rings (SSSR count). The van der Waals surface area contributed by atoms with Gasteiger partial charge in [0, 0.05) is 40.5 Å². The summed E-state index contributed by atoms with van der Waals surface area (Å²) in [6.45, 7) is 2.08. The Hall–Kier alpha value is -2.59. The molecule has 3 aromatic rings. The number of ketones is 1. The molecule has 2 heterocycles. The van der Waals surface area contributed by atoms with E-state index < -0.39 is 5.54 Å². The van der Waals surface area contributed by atoms with Crippen molar-refractivity contribution in [2.75, 3.05) is 11.9 Å². The first-order valence-electron chi connectivity index (χ1n) is 8.27. The molecule has 4 heteroatoms. The van der Waals surface area contributed by atoms with Crippen molar-refractivity contribution in [1.82, 2.24) is 4.98 Å². The number of nitrogens with one attached hydrogen (secondary N) is 2. The number of carbonyl (C=O) groups is 1. The largest absolute Gasteiger partial charge is 0.396 e. The molecule has 0 fully saturated rings. The number of aryl methyl sites for hydroxylation is 1. The van der Waals surface area contributed by atoms with Gasteiger partial charge < -0.3 is 15.4 Å². The van der Waals surface area contributed by atoms with Crippen LogP contribution in [0.4, 0.5) is 5.69 Å². The minimum Gasteiger partial charge on any atom is -0.396 e. The topological polar surface area (TPSA) is 65.1 Å². The van der Waals surface area contributed by atoms with Gasteiger partial charge in [-0.2, -0.15) is 0 Å². The fraction of sp³-hybridized carbons (Fsp3) is 0.250. The lowest BCUT2D eigenvalue weighted by molar-refractivity contribution is 0.0905. The number of aromatic nitrogens is 1. The molecule has 3 N–H and O–H groups in total. The van der Waals surface area contributed by atoms with Gasteiger partial charge in [-0.1, -0.05) is 24.3 Å². The minimum atomic E-state index is -0.821. The number of aliphatic hydroxyl groups is 1. The molecule has 1 aliphatic heterocycles. The molecular formula is C20H20N2O2. The van der Waals surface area contributed by atoms with Crippen molar-refractivity contribution in [3.8, 4) is 0 Å². The molecule has 0 bridgehead atoms. The van der Waals surface area contributed by atoms with Crippen LogP contribution in [0.5, 0.6) is 0 Å². The Morgan fingerprint density at radius 2 is 2.00 bits per heavy atom. The van der Waals surface area contributed by atoms with Gasteiger partial charge >= 0.3 is 0 Å². The van der Waals surface area contributed by atoms with Crippen LogP contribution in [0.3, 0.4) is 0 Å². The summed E-state index contributed by atoms with van der Waals surface area (Å²) in [6, 6.07) is 13.9. The van der Waals surface area contributed by atoms with Crippen molar-refractivity contribution in [2.24, 2.45) is 0 Å². The molecule has 0 amide bonds. The monoisotopic (exact) mass is 320 g/mol. The number of aliphatic hydroxyl groups excluding tert-OH is 1. The van der Waals surface area contributed by atoms with Crippen molar-refractivity contribution in [3.63, 3.8) is 0 Å². The third kappa shape index (κ3) is 2.07. The summed E-state index contributed by atoms with van der Waals surface area (Å²) < 4.78 is 0. The van der Waals surface area contributed by atoms with Crippen LogP contribution in [0.1, 0.15) is 34.3 Å². The number of carbonyl (C=O) groups excluding carboxylic acids is 1. The average Bonchev–Trinajstić information content (AvgIpc) is 3.13. The molecule has 1 atom stereocenters. The van der Waals surface area contributed by atoms with Gasteiger partial charge in [-0.15, -0.1) is 0 Å². The van der Waals surface area contributed by atoms with Crippen LogP contribution < -0.4 is 5.32 Å². The molecule has 1 unspecified atom stereocenters. The number of para-hydroxylation sites is 1. The van der Waals surface area contributed by atoms with Crippen LogP contribution in [-0.2, 0) is 5.54 Å². The molecule has 1 aliphatic rings. The molecule has 4 nitrogen and oxygen atoms in total. The van der Waals surface area contributed by atoms with Gasteiger partial charge in [-0.05, 0) is 43.5 Å². The van der Waals surface area contributed by atoms with Crippen LogP contribution in [0.25, 0.3) is 10.9 Å². The third-order valence-corrected chi connectivity index (χ3v) is 4.91. The predicted octanol–water partition coefficient (Wildman–Crippen LogP) is 3.75. The summed E-state index contributed by atoms with van der Waals surface area (Å²) in [5.74, 6) is 0.0794. The van der Waals surface area contributed by atoms with Gasteiger partial charge in [0.25, 0.3) is 0 Å². The number of fused-ring (bicyclic) bond motifs is 2. The Kier molecular flexibility index (Phi) is 3.43. The number of hydrogen-bond donors (Lipinski definition) is 3. The number of benzene rings is 2. The second-order valence-electron chi connectivity index (χ2n) is 6.48. The Labute approximate surface area is 140 Å². The molecule has 1 aromatic heterocycles. The van der Waals surface area contributed by atoms with E-state index in [-0.39, 0.29) is 12.4 Å². The van der Waals surface area contributed by atoms with E-state index in [1.165, 1.54) is 0 Å². The van der Waals surface area contributed by atoms with E-state index >= 15 is 0 Å². The van der Waals surface area contributed by atoms with Crippen LogP contribution in [0.15, 0.2) is 48.7 Å². The molecule has 0 saturated heterocycles. The maximum atomic E-state index is 13.3. The standard InChI is InChI=1S/C20H20N2O2/c1-13-7-8-15-18(11-13)22-20(19(15)24,9-4-10-23)16-12-21-17-6-3-2-5-14(16)17/h2-3,5-8,11-12,21-23H,4,9-10H2,1H3. The van der Waals surface area contributed by atoms with Crippen molar-refractivity contribution in [1.29, 1.82) is 0 Å². The smallest absolute Gasteiger partial charge is 0.194 e. The molecule has 0 spiro atoms. The van der Waals surface area contributed by atoms with E-state index in [2.05, 4.69) is 10.3 Å². The van der Waals surface area contributed by atoms with E-state index in [0.29, 0.717) is 12.8 Å². The number of anilines is 1. The highest BCUT2D eigenvalue weighted by Crippen LogP contribution is 2.44. The normalized spacial score (nSPS) is 19.5. The van der Waals surface area contributed by atoms with Gasteiger partial charge in [-0.25, -0.2) is 0 Å². The van der Waals surface area contributed by atoms with Gasteiger partial charge in [0.1, 0.15) is 5.54 Å². The Morgan fingerprint density at radius 1 is 1.17 bits per heavy atom. The first kappa shape index (κ1) is 15.0. The molecule has 24 heavy (non-hydrogen) atoms. The highest BCUT2D eigenvalue weighted by molar-refractivity contribution is 6.15. The number of Topliss-reactive ketones (excluding diaryl/α,β-unsaturated/α-hetero) is 1. The molecular weight excluding hydrogens is 300 g/mol. The van der Waals surface area contributed by atoms with Crippen molar-refractivity contribution >= 4 is 22.4 Å². The van der Waals surface area contributed by atoms with E-state index in [9.17, 15) is 9.90 Å². The highest BCUT2D eigenvalue weighted by Gasteiger charge is 2.47. The lowest BCUT2D eigenvalue weighted by Crippen LogP contribution is -2.38. The molecule has 0 radical (unpaired) electrons. The first-order valence-corrected chi connectivity index (χ1v) is 8.27. The summed E-state index contributed by atoms with van der Waals surface area (Å²) in [5.41, 5.74) is 3.86. The van der Waals surface area contributed by atoms with Gasteiger partial charge in [0.05, 0.1) is 0 Å². The van der Waals surface area contributed by atoms with E-state index in [1.54, 1.807) is 0 Å². The molecule has 0 saturated carbocycles. The van der Waals surface area contributed by atoms with Gasteiger partial charge in [0.2, 0.25) is 0 Å². The number of hydrogen-bond acceptors (Lipinski definition) is 3. The maximum Gasteiger partial charge on any atom is 0.194 e. The zero-order chi connectivity index (χ0) is 16.7. The van der Waals surface area contributed by atoms with Crippen molar-refractivity contribution in [3.05, 3.63) is 65.4 Å². The number of rotatable bonds is 4. The fourth-order valence-electron chi connectivity index (χ4n) is 3.75. The van der Waals surface area contributed by atoms with Crippen LogP contribution in [-0.4, -0.2) is 22.5 Å². The van der Waals surface area contributed by atoms with Crippen LogP contribution >= 0.6 is 0 Å².